The van der Waals surface area contributed by atoms with Gasteiger partial charge < -0.3 is 16.0 Å². The van der Waals surface area contributed by atoms with Crippen molar-refractivity contribution in [1.82, 2.24) is 9.88 Å². The highest BCUT2D eigenvalue weighted by atomic mass is 16.2. The van der Waals surface area contributed by atoms with E-state index in [1.54, 1.807) is 12.1 Å². The predicted octanol–water partition coefficient (Wildman–Crippen LogP) is 1.01. The number of nitrogens with zero attached hydrogens (tertiary/aromatic N) is 2. The van der Waals surface area contributed by atoms with Gasteiger partial charge in [0.25, 0.3) is 0 Å². The van der Waals surface area contributed by atoms with Gasteiger partial charge in [-0.15, -0.1) is 0 Å². The van der Waals surface area contributed by atoms with E-state index in [4.69, 9.17) is 5.73 Å². The van der Waals surface area contributed by atoms with Gasteiger partial charge >= 0.3 is 0 Å². The zero-order valence-electron chi connectivity index (χ0n) is 10.1. The van der Waals surface area contributed by atoms with Crippen LogP contribution in [0.3, 0.4) is 0 Å². The van der Waals surface area contributed by atoms with E-state index in [0.717, 1.165) is 31.6 Å². The molecule has 17 heavy (non-hydrogen) atoms. The second-order valence-electron chi connectivity index (χ2n) is 4.31. The maximum absolute atomic E-state index is 11.8. The summed E-state index contributed by atoms with van der Waals surface area (Å²) in [5, 5.41) is 3.03. The minimum absolute atomic E-state index is 0.138. The van der Waals surface area contributed by atoms with Crippen LogP contribution in [0.1, 0.15) is 18.5 Å². The second kappa shape index (κ2) is 5.03. The summed E-state index contributed by atoms with van der Waals surface area (Å²) >= 11 is 0. The van der Waals surface area contributed by atoms with E-state index in [-0.39, 0.29) is 5.91 Å². The Morgan fingerprint density at radius 3 is 2.82 bits per heavy atom. The molecule has 3 N–H and O–H groups in total. The first-order valence-electron chi connectivity index (χ1n) is 5.91. The van der Waals surface area contributed by atoms with Crippen LogP contribution in [0.5, 0.6) is 0 Å². The molecule has 1 amide bonds. The zero-order chi connectivity index (χ0) is 12.3. The molecule has 1 aromatic heterocycles. The summed E-state index contributed by atoms with van der Waals surface area (Å²) in [6.07, 6.45) is 2.23. The smallest absolute Gasteiger partial charge is 0.241 e. The van der Waals surface area contributed by atoms with E-state index in [1.807, 2.05) is 11.8 Å². The minimum atomic E-state index is 0.138. The molecular formula is C12H18N4O. The van der Waals surface area contributed by atoms with Gasteiger partial charge in [0, 0.05) is 13.1 Å². The van der Waals surface area contributed by atoms with E-state index in [9.17, 15) is 4.79 Å². The summed E-state index contributed by atoms with van der Waals surface area (Å²) < 4.78 is 0. The van der Waals surface area contributed by atoms with E-state index < -0.39 is 0 Å². The van der Waals surface area contributed by atoms with Crippen LogP contribution < -0.4 is 11.1 Å². The van der Waals surface area contributed by atoms with Crippen molar-refractivity contribution in [3.05, 3.63) is 17.8 Å². The molecule has 0 atom stereocenters. The first-order valence-corrected chi connectivity index (χ1v) is 5.91. The van der Waals surface area contributed by atoms with E-state index in [0.29, 0.717) is 18.1 Å². The molecule has 1 fully saturated rings. The lowest BCUT2D eigenvalue weighted by Crippen LogP contribution is -2.33. The van der Waals surface area contributed by atoms with Crippen LogP contribution in [0.2, 0.25) is 0 Å². The molecule has 0 aliphatic carbocycles. The van der Waals surface area contributed by atoms with Crippen LogP contribution in [0.4, 0.5) is 11.5 Å². The van der Waals surface area contributed by atoms with Crippen LogP contribution in [0, 0.1) is 6.92 Å². The number of hydrogen-bond acceptors (Lipinski definition) is 4. The number of rotatable bonds is 3. The van der Waals surface area contributed by atoms with Crippen molar-refractivity contribution in [2.75, 3.05) is 30.7 Å². The maximum atomic E-state index is 11.8. The summed E-state index contributed by atoms with van der Waals surface area (Å²) in [7, 11) is 0. The van der Waals surface area contributed by atoms with Gasteiger partial charge in [-0.05, 0) is 31.9 Å². The van der Waals surface area contributed by atoms with Gasteiger partial charge in [-0.25, -0.2) is 4.98 Å². The molecule has 2 rings (SSSR count). The Morgan fingerprint density at radius 2 is 2.18 bits per heavy atom. The molecule has 0 unspecified atom stereocenters. The zero-order valence-corrected chi connectivity index (χ0v) is 10.1. The van der Waals surface area contributed by atoms with Gasteiger partial charge in [-0.3, -0.25) is 4.79 Å². The van der Waals surface area contributed by atoms with Crippen LogP contribution in [0.15, 0.2) is 12.1 Å². The average molecular weight is 234 g/mol. The summed E-state index contributed by atoms with van der Waals surface area (Å²) in [6, 6.07) is 3.59. The summed E-state index contributed by atoms with van der Waals surface area (Å²) in [6.45, 7) is 3.92. The number of pyridine rings is 1. The molecule has 0 aromatic carbocycles. The lowest BCUT2D eigenvalue weighted by atomic mass is 10.3. The molecular weight excluding hydrogens is 216 g/mol. The highest BCUT2D eigenvalue weighted by Gasteiger charge is 2.17. The van der Waals surface area contributed by atoms with Gasteiger partial charge in [-0.2, -0.15) is 0 Å². The molecule has 1 saturated heterocycles. The topological polar surface area (TPSA) is 71.2 Å². The normalized spacial score (nSPS) is 15.0. The van der Waals surface area contributed by atoms with E-state index in [1.165, 1.54) is 0 Å². The molecule has 0 radical (unpaired) electrons. The van der Waals surface area contributed by atoms with Gasteiger partial charge in [0.1, 0.15) is 5.82 Å². The quantitative estimate of drug-likeness (QED) is 0.818. The number of aryl methyl sites for hydroxylation is 1. The SMILES string of the molecule is Cc1nc(NCC(=O)N2CCCC2)ccc1N. The van der Waals surface area contributed by atoms with Crippen LogP contribution >= 0.6 is 0 Å². The number of nitrogens with one attached hydrogen (secondary N) is 1. The Kier molecular flexibility index (Phi) is 3.46. The van der Waals surface area contributed by atoms with Gasteiger partial charge in [0.2, 0.25) is 5.91 Å². The number of carbonyl (C=O) groups is 1. The molecule has 1 aliphatic rings. The summed E-state index contributed by atoms with van der Waals surface area (Å²) in [5.74, 6) is 0.836. The fourth-order valence-corrected chi connectivity index (χ4v) is 1.91. The Morgan fingerprint density at radius 1 is 1.47 bits per heavy atom. The van der Waals surface area contributed by atoms with Crippen LogP contribution in [0.25, 0.3) is 0 Å². The van der Waals surface area contributed by atoms with Crippen molar-refractivity contribution in [2.45, 2.75) is 19.8 Å². The highest BCUT2D eigenvalue weighted by Crippen LogP contribution is 2.12. The largest absolute Gasteiger partial charge is 0.397 e. The molecule has 0 saturated carbocycles. The number of nitrogens with two attached hydrogens (primary N) is 1. The molecule has 0 spiro atoms. The average Bonchev–Trinajstić information content (AvgIpc) is 2.84. The molecule has 92 valence electrons. The number of anilines is 2. The number of carbonyl (C=O) groups excluding carboxylic acids is 1. The Balaban J connectivity index is 1.88. The van der Waals surface area contributed by atoms with Crippen molar-refractivity contribution in [3.8, 4) is 0 Å². The van der Waals surface area contributed by atoms with Crippen LogP contribution in [-0.4, -0.2) is 35.4 Å². The number of nitrogen functional groups attached to an aromatic ring is 1. The fraction of sp³-hybridized carbons (Fsp3) is 0.500. The van der Waals surface area contributed by atoms with Crippen molar-refractivity contribution in [3.63, 3.8) is 0 Å². The highest BCUT2D eigenvalue weighted by molar-refractivity contribution is 5.80. The van der Waals surface area contributed by atoms with Crippen molar-refractivity contribution in [1.29, 1.82) is 0 Å². The fourth-order valence-electron chi connectivity index (χ4n) is 1.91. The molecule has 2 heterocycles. The molecule has 1 aliphatic heterocycles. The van der Waals surface area contributed by atoms with Gasteiger partial charge in [-0.1, -0.05) is 0 Å². The first kappa shape index (κ1) is 11.7. The molecule has 5 heteroatoms. The third-order valence-corrected chi connectivity index (χ3v) is 3.01. The van der Waals surface area contributed by atoms with E-state index >= 15 is 0 Å². The lowest BCUT2D eigenvalue weighted by molar-refractivity contribution is -0.128. The van der Waals surface area contributed by atoms with Gasteiger partial charge in [0.15, 0.2) is 0 Å². The lowest BCUT2D eigenvalue weighted by Gasteiger charge is -2.15. The Hall–Kier alpha value is -1.78. The Bertz CT molecular complexity index is 413. The van der Waals surface area contributed by atoms with Gasteiger partial charge in [0.05, 0.1) is 17.9 Å². The van der Waals surface area contributed by atoms with Crippen LogP contribution in [-0.2, 0) is 4.79 Å². The van der Waals surface area contributed by atoms with Crippen molar-refractivity contribution in [2.24, 2.45) is 0 Å². The number of aromatic nitrogens is 1. The predicted molar refractivity (Wildman–Crippen MR) is 67.7 cm³/mol. The van der Waals surface area contributed by atoms with Crippen molar-refractivity contribution < 1.29 is 4.79 Å². The number of likely N-dealkylation sites (tertiary alicyclic amines) is 1. The molecule has 5 nitrogen and oxygen atoms in total. The monoisotopic (exact) mass is 234 g/mol. The molecule has 0 bridgehead atoms. The summed E-state index contributed by atoms with van der Waals surface area (Å²) in [5.41, 5.74) is 7.13. The molecule has 1 aromatic rings. The number of amides is 1. The summed E-state index contributed by atoms with van der Waals surface area (Å²) in [4.78, 5) is 17.9. The van der Waals surface area contributed by atoms with E-state index in [2.05, 4.69) is 10.3 Å². The number of hydrogen-bond donors (Lipinski definition) is 2. The van der Waals surface area contributed by atoms with Crippen molar-refractivity contribution >= 4 is 17.4 Å². The third kappa shape index (κ3) is 2.87. The Labute approximate surface area is 101 Å². The first-order chi connectivity index (χ1) is 8.16. The third-order valence-electron chi connectivity index (χ3n) is 3.01. The minimum Gasteiger partial charge on any atom is -0.397 e. The maximum Gasteiger partial charge on any atom is 0.241 e. The second-order valence-corrected chi connectivity index (χ2v) is 4.31. The standard InChI is InChI=1S/C12H18N4O/c1-9-10(13)4-5-11(15-9)14-8-12(17)16-6-2-3-7-16/h4-5H,2-3,6-8,13H2,1H3,(H,14,15).